The van der Waals surface area contributed by atoms with Crippen molar-refractivity contribution < 1.29 is 14.1 Å². The van der Waals surface area contributed by atoms with Gasteiger partial charge in [-0.05, 0) is 31.2 Å². The number of methoxy groups -OCH3 is 1. The third-order valence-corrected chi connectivity index (χ3v) is 6.09. The molecular formula is C22H24N4O3S. The van der Waals surface area contributed by atoms with Gasteiger partial charge >= 0.3 is 0 Å². The van der Waals surface area contributed by atoms with Crippen LogP contribution in [0.4, 0.5) is 5.69 Å². The normalized spacial score (nSPS) is 14.1. The van der Waals surface area contributed by atoms with Crippen LogP contribution in [0.2, 0.25) is 0 Å². The summed E-state index contributed by atoms with van der Waals surface area (Å²) in [6, 6.07) is 15.7. The van der Waals surface area contributed by atoms with E-state index in [4.69, 9.17) is 9.26 Å². The Kier molecular flexibility index (Phi) is 6.23. The van der Waals surface area contributed by atoms with Gasteiger partial charge in [0.15, 0.2) is 5.82 Å². The summed E-state index contributed by atoms with van der Waals surface area (Å²) in [5.74, 6) is 2.62. The predicted octanol–water partition coefficient (Wildman–Crippen LogP) is 3.64. The van der Waals surface area contributed by atoms with Crippen molar-refractivity contribution in [3.63, 3.8) is 0 Å². The van der Waals surface area contributed by atoms with E-state index in [2.05, 4.69) is 21.1 Å². The van der Waals surface area contributed by atoms with Gasteiger partial charge in [0.2, 0.25) is 5.89 Å². The second-order valence-corrected chi connectivity index (χ2v) is 7.99. The monoisotopic (exact) mass is 424 g/mol. The number of aryl methyl sites for hydroxylation is 1. The van der Waals surface area contributed by atoms with Crippen LogP contribution in [0.5, 0.6) is 5.75 Å². The van der Waals surface area contributed by atoms with E-state index in [1.807, 2.05) is 47.4 Å². The zero-order valence-corrected chi connectivity index (χ0v) is 17.9. The van der Waals surface area contributed by atoms with E-state index in [1.54, 1.807) is 14.0 Å². The van der Waals surface area contributed by atoms with Gasteiger partial charge in [-0.3, -0.25) is 4.79 Å². The molecule has 1 saturated heterocycles. The van der Waals surface area contributed by atoms with Crippen molar-refractivity contribution in [3.8, 4) is 5.75 Å². The summed E-state index contributed by atoms with van der Waals surface area (Å²) in [7, 11) is 1.68. The maximum Gasteiger partial charge on any atom is 0.255 e. The van der Waals surface area contributed by atoms with E-state index in [0.29, 0.717) is 36.1 Å². The number of benzene rings is 2. The molecule has 1 fully saturated rings. The number of nitrogens with zero attached hydrogens (tertiary/aromatic N) is 4. The molecule has 3 aromatic rings. The summed E-state index contributed by atoms with van der Waals surface area (Å²) in [6.45, 7) is 4.66. The number of piperazine rings is 1. The van der Waals surface area contributed by atoms with Crippen molar-refractivity contribution in [1.82, 2.24) is 15.0 Å². The first-order valence-electron chi connectivity index (χ1n) is 9.84. The Hall–Kier alpha value is -3.00. The number of hydrogen-bond acceptors (Lipinski definition) is 7. The summed E-state index contributed by atoms with van der Waals surface area (Å²) in [5.41, 5.74) is 1.78. The fraction of sp³-hybridized carbons (Fsp3) is 0.318. The van der Waals surface area contributed by atoms with Gasteiger partial charge in [-0.15, -0.1) is 11.8 Å². The maximum atomic E-state index is 13.2. The van der Waals surface area contributed by atoms with Gasteiger partial charge in [0.05, 0.1) is 24.1 Å². The van der Waals surface area contributed by atoms with Crippen LogP contribution >= 0.6 is 11.8 Å². The van der Waals surface area contributed by atoms with Gasteiger partial charge in [-0.25, -0.2) is 0 Å². The Balaban J connectivity index is 1.42. The van der Waals surface area contributed by atoms with E-state index >= 15 is 0 Å². The van der Waals surface area contributed by atoms with E-state index < -0.39 is 0 Å². The van der Waals surface area contributed by atoms with Crippen molar-refractivity contribution in [1.29, 1.82) is 0 Å². The molecule has 30 heavy (non-hydrogen) atoms. The molecule has 0 N–H and O–H groups in total. The lowest BCUT2D eigenvalue weighted by Gasteiger charge is -2.36. The highest BCUT2D eigenvalue weighted by atomic mass is 32.2. The number of carbonyl (C=O) groups is 1. The second kappa shape index (κ2) is 9.21. The second-order valence-electron chi connectivity index (χ2n) is 6.97. The molecule has 2 aromatic carbocycles. The van der Waals surface area contributed by atoms with Crippen LogP contribution in [-0.2, 0) is 5.75 Å². The van der Waals surface area contributed by atoms with Gasteiger partial charge < -0.3 is 19.1 Å². The van der Waals surface area contributed by atoms with Crippen LogP contribution < -0.4 is 9.64 Å². The zero-order chi connectivity index (χ0) is 20.9. The highest BCUT2D eigenvalue weighted by Crippen LogP contribution is 2.30. The molecule has 1 aromatic heterocycles. The molecule has 0 aliphatic carbocycles. The van der Waals surface area contributed by atoms with Gasteiger partial charge in [-0.2, -0.15) is 4.98 Å². The van der Waals surface area contributed by atoms with Crippen LogP contribution in [-0.4, -0.2) is 54.2 Å². The molecule has 1 aliphatic heterocycles. The number of ether oxygens (including phenoxy) is 1. The van der Waals surface area contributed by atoms with Crippen molar-refractivity contribution >= 4 is 23.4 Å². The topological polar surface area (TPSA) is 71.7 Å². The molecule has 2 heterocycles. The summed E-state index contributed by atoms with van der Waals surface area (Å²) in [6.07, 6.45) is 0. The minimum Gasteiger partial charge on any atom is -0.495 e. The highest BCUT2D eigenvalue weighted by Gasteiger charge is 2.25. The molecule has 0 saturated carbocycles. The average molecular weight is 425 g/mol. The third kappa shape index (κ3) is 4.43. The summed E-state index contributed by atoms with van der Waals surface area (Å²) in [4.78, 5) is 22.6. The van der Waals surface area contributed by atoms with Crippen LogP contribution in [0.15, 0.2) is 57.9 Å². The molecule has 4 rings (SSSR count). The Labute approximate surface area is 180 Å². The first kappa shape index (κ1) is 20.3. The lowest BCUT2D eigenvalue weighted by atomic mass is 10.1. The Morgan fingerprint density at radius 3 is 2.57 bits per heavy atom. The average Bonchev–Trinajstić information content (AvgIpc) is 3.22. The summed E-state index contributed by atoms with van der Waals surface area (Å²) in [5, 5.41) is 3.82. The third-order valence-electron chi connectivity index (χ3n) is 5.03. The lowest BCUT2D eigenvalue weighted by Crippen LogP contribution is -2.49. The minimum absolute atomic E-state index is 0.0551. The smallest absolute Gasteiger partial charge is 0.255 e. The fourth-order valence-corrected chi connectivity index (χ4v) is 4.40. The number of carbonyl (C=O) groups excluding carboxylic acids is 1. The van der Waals surface area contributed by atoms with Crippen molar-refractivity contribution in [2.45, 2.75) is 17.6 Å². The van der Waals surface area contributed by atoms with Gasteiger partial charge in [0, 0.05) is 31.1 Å². The standard InChI is InChI=1S/C22H24N4O3S/c1-16-23-21(29-24-16)15-30-20-10-6-3-7-17(20)22(27)26-13-11-25(12-14-26)18-8-4-5-9-19(18)28-2/h3-10H,11-15H2,1-2H3. The number of thioether (sulfide) groups is 1. The molecule has 156 valence electrons. The molecular weight excluding hydrogens is 400 g/mol. The Morgan fingerprint density at radius 1 is 1.10 bits per heavy atom. The van der Waals surface area contributed by atoms with Crippen LogP contribution in [0.1, 0.15) is 22.1 Å². The largest absolute Gasteiger partial charge is 0.495 e. The lowest BCUT2D eigenvalue weighted by molar-refractivity contribution is 0.0743. The molecule has 7 nitrogen and oxygen atoms in total. The summed E-state index contributed by atoms with van der Waals surface area (Å²) >= 11 is 1.54. The van der Waals surface area contributed by atoms with Crippen molar-refractivity contribution in [2.75, 3.05) is 38.2 Å². The molecule has 1 aliphatic rings. The highest BCUT2D eigenvalue weighted by molar-refractivity contribution is 7.98. The molecule has 0 atom stereocenters. The fourth-order valence-electron chi connectivity index (χ4n) is 3.52. The Morgan fingerprint density at radius 2 is 1.83 bits per heavy atom. The number of amides is 1. The summed E-state index contributed by atoms with van der Waals surface area (Å²) < 4.78 is 10.7. The molecule has 0 spiro atoms. The molecule has 0 bridgehead atoms. The van der Waals surface area contributed by atoms with Crippen LogP contribution in [0, 0.1) is 6.92 Å². The van der Waals surface area contributed by atoms with Gasteiger partial charge in [0.1, 0.15) is 5.75 Å². The predicted molar refractivity (Wildman–Crippen MR) is 116 cm³/mol. The first-order valence-corrected chi connectivity index (χ1v) is 10.8. The quantitative estimate of drug-likeness (QED) is 0.560. The Bertz CT molecular complexity index is 1010. The zero-order valence-electron chi connectivity index (χ0n) is 17.1. The first-order chi connectivity index (χ1) is 14.7. The number of rotatable bonds is 6. The molecule has 0 unspecified atom stereocenters. The number of anilines is 1. The number of aromatic nitrogens is 2. The minimum atomic E-state index is 0.0551. The van der Waals surface area contributed by atoms with Crippen molar-refractivity contribution in [3.05, 3.63) is 65.8 Å². The van der Waals surface area contributed by atoms with Gasteiger partial charge in [-0.1, -0.05) is 29.4 Å². The van der Waals surface area contributed by atoms with E-state index in [1.165, 1.54) is 11.8 Å². The van der Waals surface area contributed by atoms with Crippen LogP contribution in [0.3, 0.4) is 0 Å². The van der Waals surface area contributed by atoms with Crippen LogP contribution in [0.25, 0.3) is 0 Å². The maximum absolute atomic E-state index is 13.2. The molecule has 0 radical (unpaired) electrons. The van der Waals surface area contributed by atoms with E-state index in [-0.39, 0.29) is 5.91 Å². The SMILES string of the molecule is COc1ccccc1N1CCN(C(=O)c2ccccc2SCc2nc(C)no2)CC1. The van der Waals surface area contributed by atoms with Crippen molar-refractivity contribution in [2.24, 2.45) is 0 Å². The van der Waals surface area contributed by atoms with E-state index in [9.17, 15) is 4.79 Å². The van der Waals surface area contributed by atoms with E-state index in [0.717, 1.165) is 29.4 Å². The molecule has 8 heteroatoms. The number of para-hydroxylation sites is 2. The van der Waals surface area contributed by atoms with Gasteiger partial charge in [0.25, 0.3) is 5.91 Å². The number of hydrogen-bond donors (Lipinski definition) is 0. The molecule has 1 amide bonds.